The van der Waals surface area contributed by atoms with E-state index in [4.69, 9.17) is 4.74 Å². The molecule has 3 heterocycles. The van der Waals surface area contributed by atoms with E-state index >= 15 is 0 Å². The summed E-state index contributed by atoms with van der Waals surface area (Å²) in [6, 6.07) is 7.68. The molecule has 8 nitrogen and oxygen atoms in total. The van der Waals surface area contributed by atoms with Crippen molar-refractivity contribution in [3.63, 3.8) is 0 Å². The third kappa shape index (κ3) is 4.75. The molecule has 0 bridgehead atoms. The lowest BCUT2D eigenvalue weighted by Crippen LogP contribution is -2.37. The van der Waals surface area contributed by atoms with E-state index < -0.39 is 0 Å². The lowest BCUT2D eigenvalue weighted by Gasteiger charge is -2.22. The molecule has 2 aliphatic heterocycles. The van der Waals surface area contributed by atoms with E-state index in [1.54, 1.807) is 11.8 Å². The molecule has 1 saturated heterocycles. The first-order valence-electron chi connectivity index (χ1n) is 10.9. The van der Waals surface area contributed by atoms with Gasteiger partial charge < -0.3 is 9.64 Å². The Morgan fingerprint density at radius 3 is 2.60 bits per heavy atom. The van der Waals surface area contributed by atoms with E-state index in [1.165, 1.54) is 0 Å². The summed E-state index contributed by atoms with van der Waals surface area (Å²) in [7, 11) is 1.64. The number of fused-ring (bicyclic) bond motifs is 1. The van der Waals surface area contributed by atoms with Crippen molar-refractivity contribution >= 4 is 5.91 Å². The second kappa shape index (κ2) is 9.47. The number of nitrogens with zero attached hydrogens (tertiary/aromatic N) is 5. The monoisotopic (exact) mass is 413 g/mol. The highest BCUT2D eigenvalue weighted by Gasteiger charge is 2.21. The Hall–Kier alpha value is -2.61. The second-order valence-corrected chi connectivity index (χ2v) is 8.13. The van der Waals surface area contributed by atoms with Gasteiger partial charge in [-0.2, -0.15) is 5.10 Å². The van der Waals surface area contributed by atoms with Crippen LogP contribution in [0.15, 0.2) is 29.1 Å². The Balaban J connectivity index is 1.28. The van der Waals surface area contributed by atoms with Gasteiger partial charge in [0.05, 0.1) is 20.1 Å². The van der Waals surface area contributed by atoms with Crippen molar-refractivity contribution in [3.05, 3.63) is 46.1 Å². The second-order valence-electron chi connectivity index (χ2n) is 8.13. The molecule has 4 rings (SSSR count). The topological polar surface area (TPSA) is 72.6 Å². The fourth-order valence-electron chi connectivity index (χ4n) is 4.30. The Morgan fingerprint density at radius 2 is 1.83 bits per heavy atom. The molecule has 1 aromatic heterocycles. The Morgan fingerprint density at radius 1 is 1.00 bits per heavy atom. The van der Waals surface area contributed by atoms with Crippen molar-refractivity contribution in [2.24, 2.45) is 0 Å². The molecule has 0 atom stereocenters. The zero-order valence-electron chi connectivity index (χ0n) is 17.8. The highest BCUT2D eigenvalue weighted by atomic mass is 16.5. The molecule has 0 saturated carbocycles. The normalized spacial score (nSPS) is 17.4. The largest absolute Gasteiger partial charge is 0.497 e. The summed E-state index contributed by atoms with van der Waals surface area (Å²) in [6.07, 6.45) is 4.44. The standard InChI is InChI=1S/C22H31N5O3/c1-30-19-8-6-18(7-9-19)17-21(28)25-11-4-10-24(13-15-25)14-16-27-22(29)26-12-3-2-5-20(26)23-27/h6-9H,2-5,10-17H2,1H3. The maximum Gasteiger partial charge on any atom is 0.345 e. The number of carbonyl (C=O) groups is 1. The predicted octanol–water partition coefficient (Wildman–Crippen LogP) is 1.17. The van der Waals surface area contributed by atoms with Gasteiger partial charge in [-0.1, -0.05) is 12.1 Å². The minimum Gasteiger partial charge on any atom is -0.497 e. The van der Waals surface area contributed by atoms with Gasteiger partial charge in [-0.05, 0) is 43.5 Å². The molecule has 2 aromatic rings. The summed E-state index contributed by atoms with van der Waals surface area (Å²) in [4.78, 5) is 29.5. The average Bonchev–Trinajstić information content (AvgIpc) is 2.93. The van der Waals surface area contributed by atoms with Gasteiger partial charge in [-0.15, -0.1) is 0 Å². The molecule has 2 aliphatic rings. The van der Waals surface area contributed by atoms with Gasteiger partial charge in [0.1, 0.15) is 11.6 Å². The molecule has 0 radical (unpaired) electrons. The lowest BCUT2D eigenvalue weighted by molar-refractivity contribution is -0.130. The minimum atomic E-state index is 0.0239. The van der Waals surface area contributed by atoms with Crippen molar-refractivity contribution in [2.75, 3.05) is 39.8 Å². The molecule has 162 valence electrons. The van der Waals surface area contributed by atoms with Crippen LogP contribution in [0.25, 0.3) is 0 Å². The van der Waals surface area contributed by atoms with Gasteiger partial charge in [0, 0.05) is 39.1 Å². The SMILES string of the molecule is COc1ccc(CC(=O)N2CCCN(CCn3nc4n(c3=O)CCCC4)CC2)cc1. The quantitative estimate of drug-likeness (QED) is 0.711. The summed E-state index contributed by atoms with van der Waals surface area (Å²) in [5.74, 6) is 1.90. The van der Waals surface area contributed by atoms with E-state index in [-0.39, 0.29) is 11.6 Å². The van der Waals surface area contributed by atoms with Gasteiger partial charge >= 0.3 is 5.69 Å². The molecule has 0 aliphatic carbocycles. The number of aromatic nitrogens is 3. The number of benzene rings is 1. The zero-order valence-corrected chi connectivity index (χ0v) is 17.8. The third-order valence-corrected chi connectivity index (χ3v) is 6.12. The van der Waals surface area contributed by atoms with E-state index in [2.05, 4.69) is 10.00 Å². The number of methoxy groups -OCH3 is 1. The molecule has 0 unspecified atom stereocenters. The van der Waals surface area contributed by atoms with Crippen molar-refractivity contribution < 1.29 is 9.53 Å². The van der Waals surface area contributed by atoms with Gasteiger partial charge in [0.15, 0.2) is 0 Å². The predicted molar refractivity (Wildman–Crippen MR) is 114 cm³/mol. The minimum absolute atomic E-state index is 0.0239. The summed E-state index contributed by atoms with van der Waals surface area (Å²) in [5.41, 5.74) is 1.03. The molecular formula is C22H31N5O3. The molecule has 1 aromatic carbocycles. The van der Waals surface area contributed by atoms with Gasteiger partial charge in [-0.3, -0.25) is 14.3 Å². The highest BCUT2D eigenvalue weighted by Crippen LogP contribution is 2.13. The molecule has 0 N–H and O–H groups in total. The third-order valence-electron chi connectivity index (χ3n) is 6.12. The number of amides is 1. The van der Waals surface area contributed by atoms with Crippen LogP contribution in [-0.4, -0.2) is 69.9 Å². The molecule has 0 spiro atoms. The Labute approximate surface area is 177 Å². The highest BCUT2D eigenvalue weighted by molar-refractivity contribution is 5.78. The molecule has 8 heteroatoms. The smallest absolute Gasteiger partial charge is 0.345 e. The molecule has 30 heavy (non-hydrogen) atoms. The van der Waals surface area contributed by atoms with E-state index in [0.717, 1.165) is 82.1 Å². The van der Waals surface area contributed by atoms with Crippen LogP contribution in [0.1, 0.15) is 30.7 Å². The van der Waals surface area contributed by atoms with Crippen LogP contribution in [0.4, 0.5) is 0 Å². The van der Waals surface area contributed by atoms with Crippen LogP contribution < -0.4 is 10.4 Å². The number of ether oxygens (including phenoxy) is 1. The van der Waals surface area contributed by atoms with Crippen molar-refractivity contribution in [1.82, 2.24) is 24.1 Å². The van der Waals surface area contributed by atoms with Crippen molar-refractivity contribution in [3.8, 4) is 5.75 Å². The first-order valence-corrected chi connectivity index (χ1v) is 10.9. The maximum atomic E-state index is 12.7. The molecule has 1 fully saturated rings. The first-order chi connectivity index (χ1) is 14.6. The average molecular weight is 414 g/mol. The van der Waals surface area contributed by atoms with Crippen LogP contribution in [0.5, 0.6) is 5.75 Å². The van der Waals surface area contributed by atoms with Gasteiger partial charge in [-0.25, -0.2) is 9.48 Å². The van der Waals surface area contributed by atoms with Crippen LogP contribution in [0.2, 0.25) is 0 Å². The van der Waals surface area contributed by atoms with Crippen LogP contribution in [0.3, 0.4) is 0 Å². The van der Waals surface area contributed by atoms with Crippen LogP contribution in [-0.2, 0) is 30.7 Å². The zero-order chi connectivity index (χ0) is 20.9. The Bertz CT molecular complexity index is 918. The number of rotatable bonds is 6. The fraction of sp³-hybridized carbons (Fsp3) is 0.591. The number of aryl methyl sites for hydroxylation is 1. The number of hydrogen-bond donors (Lipinski definition) is 0. The molecule has 1 amide bonds. The van der Waals surface area contributed by atoms with E-state index in [9.17, 15) is 9.59 Å². The molecular weight excluding hydrogens is 382 g/mol. The summed E-state index contributed by atoms with van der Waals surface area (Å²) in [6.45, 7) is 5.47. The maximum absolute atomic E-state index is 12.7. The number of hydrogen-bond acceptors (Lipinski definition) is 5. The van der Waals surface area contributed by atoms with Crippen molar-refractivity contribution in [2.45, 2.75) is 45.2 Å². The first kappa shape index (κ1) is 20.7. The van der Waals surface area contributed by atoms with E-state index in [1.807, 2.05) is 33.7 Å². The Kier molecular flexibility index (Phi) is 6.52. The van der Waals surface area contributed by atoms with Crippen LogP contribution in [0, 0.1) is 0 Å². The van der Waals surface area contributed by atoms with Gasteiger partial charge in [0.2, 0.25) is 5.91 Å². The van der Waals surface area contributed by atoms with Gasteiger partial charge in [0.25, 0.3) is 0 Å². The van der Waals surface area contributed by atoms with Crippen LogP contribution >= 0.6 is 0 Å². The summed E-state index contributed by atoms with van der Waals surface area (Å²) >= 11 is 0. The number of carbonyl (C=O) groups excluding carboxylic acids is 1. The fourth-order valence-corrected chi connectivity index (χ4v) is 4.30. The van der Waals surface area contributed by atoms with Crippen molar-refractivity contribution in [1.29, 1.82) is 0 Å². The lowest BCUT2D eigenvalue weighted by atomic mass is 10.1. The summed E-state index contributed by atoms with van der Waals surface area (Å²) < 4.78 is 8.62. The van der Waals surface area contributed by atoms with E-state index in [0.29, 0.717) is 13.0 Å². The summed E-state index contributed by atoms with van der Waals surface area (Å²) in [5, 5.41) is 4.53.